The van der Waals surface area contributed by atoms with E-state index in [1.807, 2.05) is 0 Å². The van der Waals surface area contributed by atoms with E-state index in [1.165, 1.54) is 6.42 Å². The molecule has 1 amide bonds. The maximum Gasteiger partial charge on any atom is 0.303 e. The van der Waals surface area contributed by atoms with Gasteiger partial charge in [-0.15, -0.1) is 0 Å². The Bertz CT molecular complexity index is 349. The summed E-state index contributed by atoms with van der Waals surface area (Å²) in [5.41, 5.74) is 5.43. The molecule has 0 aliphatic heterocycles. The summed E-state index contributed by atoms with van der Waals surface area (Å²) in [6.45, 7) is 4.95. The van der Waals surface area contributed by atoms with E-state index in [-0.39, 0.29) is 18.2 Å². The number of nitrogens with one attached hydrogen (secondary N) is 1. The van der Waals surface area contributed by atoms with Gasteiger partial charge in [0.15, 0.2) is 0 Å². The summed E-state index contributed by atoms with van der Waals surface area (Å²) in [7, 11) is 0. The highest BCUT2D eigenvalue weighted by Crippen LogP contribution is 2.35. The van der Waals surface area contributed by atoms with Crippen molar-refractivity contribution >= 4 is 11.9 Å². The van der Waals surface area contributed by atoms with E-state index < -0.39 is 11.4 Å². The lowest BCUT2D eigenvalue weighted by atomic mass is 9.73. The van der Waals surface area contributed by atoms with Crippen LogP contribution in [0.15, 0.2) is 0 Å². The van der Waals surface area contributed by atoms with Gasteiger partial charge in [-0.1, -0.05) is 33.1 Å². The van der Waals surface area contributed by atoms with Crippen LogP contribution in [0.4, 0.5) is 0 Å². The van der Waals surface area contributed by atoms with Gasteiger partial charge in [-0.3, -0.25) is 9.59 Å². The minimum Gasteiger partial charge on any atom is -0.481 e. The first-order valence-electron chi connectivity index (χ1n) is 8.10. The maximum atomic E-state index is 12.5. The first-order valence-corrected chi connectivity index (χ1v) is 8.10. The van der Waals surface area contributed by atoms with Gasteiger partial charge in [0.05, 0.1) is 5.41 Å². The molecule has 5 heteroatoms. The molecule has 0 spiro atoms. The van der Waals surface area contributed by atoms with Crippen LogP contribution in [0.25, 0.3) is 0 Å². The summed E-state index contributed by atoms with van der Waals surface area (Å²) in [5.74, 6) is -0.376. The smallest absolute Gasteiger partial charge is 0.303 e. The van der Waals surface area contributed by atoms with Crippen molar-refractivity contribution < 1.29 is 14.7 Å². The molecule has 0 bridgehead atoms. The molecule has 21 heavy (non-hydrogen) atoms. The number of carboxylic acid groups (broad SMARTS) is 1. The zero-order valence-electron chi connectivity index (χ0n) is 13.4. The van der Waals surface area contributed by atoms with Gasteiger partial charge in [0.2, 0.25) is 5.91 Å². The van der Waals surface area contributed by atoms with E-state index >= 15 is 0 Å². The molecule has 1 fully saturated rings. The van der Waals surface area contributed by atoms with Crippen molar-refractivity contribution in [1.82, 2.24) is 5.32 Å². The lowest BCUT2D eigenvalue weighted by molar-refractivity contribution is -0.139. The number of carbonyl (C=O) groups excluding carboxylic acids is 1. The standard InChI is InChI=1S/C16H30N2O3/c1-12(2)8-13(9-14(19)20)10-18-15(21)16(11-17)6-4-3-5-7-16/h12-13H,3-11,17H2,1-2H3,(H,18,21)(H,19,20). The number of amides is 1. The average Bonchev–Trinajstić information content (AvgIpc) is 2.44. The Hall–Kier alpha value is -1.10. The lowest BCUT2D eigenvalue weighted by Crippen LogP contribution is -2.48. The van der Waals surface area contributed by atoms with Crippen LogP contribution in [0.1, 0.15) is 58.8 Å². The third kappa shape index (κ3) is 5.65. The van der Waals surface area contributed by atoms with Crippen LogP contribution in [-0.4, -0.2) is 30.1 Å². The predicted molar refractivity (Wildman–Crippen MR) is 82.8 cm³/mol. The number of nitrogens with two attached hydrogens (primary N) is 1. The molecule has 4 N–H and O–H groups in total. The molecule has 0 saturated heterocycles. The second kappa shape index (κ2) is 8.37. The second-order valence-corrected chi connectivity index (χ2v) is 6.85. The van der Waals surface area contributed by atoms with E-state index in [0.717, 1.165) is 32.1 Å². The summed E-state index contributed by atoms with van der Waals surface area (Å²) >= 11 is 0. The molecular weight excluding hydrogens is 268 g/mol. The first-order chi connectivity index (χ1) is 9.89. The summed E-state index contributed by atoms with van der Waals surface area (Å²) in [6, 6.07) is 0. The number of aliphatic carboxylic acids is 1. The maximum absolute atomic E-state index is 12.5. The van der Waals surface area contributed by atoms with E-state index in [0.29, 0.717) is 19.0 Å². The van der Waals surface area contributed by atoms with Crippen molar-refractivity contribution in [3.63, 3.8) is 0 Å². The van der Waals surface area contributed by atoms with Crippen LogP contribution in [-0.2, 0) is 9.59 Å². The minimum atomic E-state index is -0.805. The quantitative estimate of drug-likeness (QED) is 0.640. The zero-order valence-corrected chi connectivity index (χ0v) is 13.4. The Kier molecular flexibility index (Phi) is 7.15. The van der Waals surface area contributed by atoms with Crippen molar-refractivity contribution in [3.8, 4) is 0 Å². The fourth-order valence-electron chi connectivity index (χ4n) is 3.33. The highest BCUT2D eigenvalue weighted by molar-refractivity contribution is 5.83. The Labute approximate surface area is 127 Å². The normalized spacial score (nSPS) is 19.2. The van der Waals surface area contributed by atoms with Gasteiger partial charge >= 0.3 is 5.97 Å². The Morgan fingerprint density at radius 2 is 1.86 bits per heavy atom. The third-order valence-electron chi connectivity index (χ3n) is 4.50. The van der Waals surface area contributed by atoms with Gasteiger partial charge in [0.1, 0.15) is 0 Å². The summed E-state index contributed by atoms with van der Waals surface area (Å²) in [5, 5.41) is 11.9. The molecule has 1 atom stereocenters. The van der Waals surface area contributed by atoms with E-state index in [2.05, 4.69) is 19.2 Å². The first kappa shape index (κ1) is 18.0. The minimum absolute atomic E-state index is 0.00938. The lowest BCUT2D eigenvalue weighted by Gasteiger charge is -2.35. The van der Waals surface area contributed by atoms with Crippen LogP contribution >= 0.6 is 0 Å². The Morgan fingerprint density at radius 1 is 1.24 bits per heavy atom. The Balaban J connectivity index is 2.56. The van der Waals surface area contributed by atoms with E-state index in [4.69, 9.17) is 10.8 Å². The highest BCUT2D eigenvalue weighted by Gasteiger charge is 2.38. The van der Waals surface area contributed by atoms with Gasteiger partial charge in [-0.2, -0.15) is 0 Å². The van der Waals surface area contributed by atoms with Crippen LogP contribution in [0.5, 0.6) is 0 Å². The number of carbonyl (C=O) groups is 2. The molecule has 0 aromatic carbocycles. The Morgan fingerprint density at radius 3 is 2.33 bits per heavy atom. The monoisotopic (exact) mass is 298 g/mol. The summed E-state index contributed by atoms with van der Waals surface area (Å²) < 4.78 is 0. The van der Waals surface area contributed by atoms with Crippen LogP contribution in [0.3, 0.4) is 0 Å². The van der Waals surface area contributed by atoms with Crippen molar-refractivity contribution in [2.75, 3.05) is 13.1 Å². The van der Waals surface area contributed by atoms with Crippen LogP contribution < -0.4 is 11.1 Å². The number of rotatable bonds is 8. The molecule has 1 saturated carbocycles. The van der Waals surface area contributed by atoms with Crippen LogP contribution in [0.2, 0.25) is 0 Å². The molecule has 0 radical (unpaired) electrons. The summed E-state index contributed by atoms with van der Waals surface area (Å²) in [4.78, 5) is 23.4. The molecule has 122 valence electrons. The SMILES string of the molecule is CC(C)CC(CNC(=O)C1(CN)CCCCC1)CC(=O)O. The number of hydrogen-bond donors (Lipinski definition) is 3. The third-order valence-corrected chi connectivity index (χ3v) is 4.50. The molecule has 0 aromatic rings. The van der Waals surface area contributed by atoms with Gasteiger partial charge < -0.3 is 16.2 Å². The van der Waals surface area contributed by atoms with Crippen molar-refractivity contribution in [2.24, 2.45) is 23.0 Å². The average molecular weight is 298 g/mol. The van der Waals surface area contributed by atoms with Crippen molar-refractivity contribution in [2.45, 2.75) is 58.8 Å². The molecule has 5 nitrogen and oxygen atoms in total. The van der Waals surface area contributed by atoms with Gasteiger partial charge in [-0.05, 0) is 31.1 Å². The predicted octanol–water partition coefficient (Wildman–Crippen LogP) is 2.15. The highest BCUT2D eigenvalue weighted by atomic mass is 16.4. The van der Waals surface area contributed by atoms with Gasteiger partial charge in [0.25, 0.3) is 0 Å². The molecule has 0 heterocycles. The van der Waals surface area contributed by atoms with Gasteiger partial charge in [-0.25, -0.2) is 0 Å². The molecule has 1 rings (SSSR count). The largest absolute Gasteiger partial charge is 0.481 e. The van der Waals surface area contributed by atoms with E-state index in [9.17, 15) is 9.59 Å². The van der Waals surface area contributed by atoms with Crippen molar-refractivity contribution in [1.29, 1.82) is 0 Å². The number of hydrogen-bond acceptors (Lipinski definition) is 3. The fraction of sp³-hybridized carbons (Fsp3) is 0.875. The molecule has 1 aliphatic carbocycles. The van der Waals surface area contributed by atoms with Gasteiger partial charge in [0, 0.05) is 19.5 Å². The fourth-order valence-corrected chi connectivity index (χ4v) is 3.33. The van der Waals surface area contributed by atoms with E-state index in [1.54, 1.807) is 0 Å². The molecule has 0 aromatic heterocycles. The number of carboxylic acids is 1. The second-order valence-electron chi connectivity index (χ2n) is 6.85. The molecule has 1 aliphatic rings. The van der Waals surface area contributed by atoms with Crippen LogP contribution in [0, 0.1) is 17.3 Å². The zero-order chi connectivity index (χ0) is 15.9. The summed E-state index contributed by atoms with van der Waals surface area (Å²) in [6.07, 6.45) is 5.89. The van der Waals surface area contributed by atoms with Crippen molar-refractivity contribution in [3.05, 3.63) is 0 Å². The molecular formula is C16H30N2O3. The molecule has 1 unspecified atom stereocenters. The topological polar surface area (TPSA) is 92.4 Å².